The van der Waals surface area contributed by atoms with Crippen LogP contribution in [0.15, 0.2) is 78.9 Å². The Kier molecular flexibility index (Phi) is 12.4. The maximum absolute atomic E-state index is 13.8. The molecule has 0 radical (unpaired) electrons. The van der Waals surface area contributed by atoms with Gasteiger partial charge < -0.3 is 31.3 Å². The van der Waals surface area contributed by atoms with Gasteiger partial charge in [-0.3, -0.25) is 24.0 Å². The first-order chi connectivity index (χ1) is 22.6. The van der Waals surface area contributed by atoms with E-state index in [0.29, 0.717) is 12.8 Å². The maximum Gasteiger partial charge on any atom is 0.255 e. The fraction of sp³-hybridized carbons (Fsp3) is 0.343. The van der Waals surface area contributed by atoms with Gasteiger partial charge in [-0.15, -0.1) is 0 Å². The average Bonchev–Trinajstić information content (AvgIpc) is 3.07. The largest absolute Gasteiger partial charge is 0.491 e. The number of para-hydroxylation sites is 1. The van der Waals surface area contributed by atoms with Crippen LogP contribution in [-0.2, 0) is 32.0 Å². The fourth-order valence-corrected chi connectivity index (χ4v) is 5.28. The van der Waals surface area contributed by atoms with Crippen molar-refractivity contribution in [2.75, 3.05) is 20.2 Å². The van der Waals surface area contributed by atoms with Gasteiger partial charge in [0.2, 0.25) is 23.6 Å². The number of ether oxygens (including phenoxy) is 1. The molecule has 3 atom stereocenters. The zero-order chi connectivity index (χ0) is 33.8. The third kappa shape index (κ3) is 10.4. The molecule has 0 saturated heterocycles. The first-order valence-corrected chi connectivity index (χ1v) is 15.5. The third-order valence-corrected chi connectivity index (χ3v) is 7.99. The predicted molar refractivity (Wildman–Crippen MR) is 173 cm³/mol. The molecule has 1 aliphatic rings. The van der Waals surface area contributed by atoms with Crippen LogP contribution in [0.1, 0.15) is 47.2 Å². The number of carbonyl (C=O) groups is 5. The van der Waals surface area contributed by atoms with Crippen LogP contribution in [0.5, 0.6) is 5.75 Å². The molecule has 5 amide bonds. The predicted octanol–water partition coefficient (Wildman–Crippen LogP) is 2.28. The van der Waals surface area contributed by atoms with Gasteiger partial charge in [0.25, 0.3) is 5.91 Å². The summed E-state index contributed by atoms with van der Waals surface area (Å²) in [6.45, 7) is 0.215. The number of benzene rings is 3. The van der Waals surface area contributed by atoms with E-state index < -0.39 is 47.7 Å². The summed E-state index contributed by atoms with van der Waals surface area (Å²) in [6.07, 6.45) is 0.403. The van der Waals surface area contributed by atoms with Crippen LogP contribution in [0, 0.1) is 5.82 Å². The number of nitrogens with zero attached hydrogens (tertiary/aromatic N) is 1. The normalized spacial score (nSPS) is 19.2. The zero-order valence-electron chi connectivity index (χ0n) is 26.2. The number of halogens is 1. The number of hydrogen-bond donors (Lipinski definition) is 4. The minimum Gasteiger partial charge on any atom is -0.491 e. The minimum absolute atomic E-state index is 0.00517. The van der Waals surface area contributed by atoms with Crippen LogP contribution in [0.4, 0.5) is 4.39 Å². The van der Waals surface area contributed by atoms with Crippen molar-refractivity contribution in [2.45, 2.75) is 56.7 Å². The molecule has 3 aromatic carbocycles. The van der Waals surface area contributed by atoms with Gasteiger partial charge in [0.15, 0.2) is 0 Å². The van der Waals surface area contributed by atoms with Crippen LogP contribution >= 0.6 is 0 Å². The van der Waals surface area contributed by atoms with E-state index >= 15 is 0 Å². The van der Waals surface area contributed by atoms with E-state index in [0.717, 1.165) is 11.1 Å². The second kappa shape index (κ2) is 16.9. The lowest BCUT2D eigenvalue weighted by Crippen LogP contribution is -2.52. The van der Waals surface area contributed by atoms with Crippen molar-refractivity contribution in [1.29, 1.82) is 0 Å². The molecule has 0 unspecified atom stereocenters. The van der Waals surface area contributed by atoms with E-state index in [4.69, 9.17) is 10.5 Å². The first kappa shape index (κ1) is 34.6. The van der Waals surface area contributed by atoms with Crippen LogP contribution in [0.25, 0.3) is 0 Å². The number of nitrogens with one attached hydrogen (secondary N) is 3. The average molecular weight is 646 g/mol. The Morgan fingerprint density at radius 3 is 2.38 bits per heavy atom. The minimum atomic E-state index is -1.10. The number of rotatable bonds is 9. The number of likely N-dealkylation sites (N-methyl/N-ethyl adjacent to an activating group) is 1. The molecule has 1 heterocycles. The highest BCUT2D eigenvalue weighted by Gasteiger charge is 2.31. The molecular formula is C35H40FN5O6. The molecule has 0 bridgehead atoms. The van der Waals surface area contributed by atoms with Crippen molar-refractivity contribution in [3.8, 4) is 5.75 Å². The van der Waals surface area contributed by atoms with E-state index in [1.165, 1.54) is 17.0 Å². The highest BCUT2D eigenvalue weighted by Crippen LogP contribution is 2.21. The molecule has 0 aromatic heterocycles. The summed E-state index contributed by atoms with van der Waals surface area (Å²) < 4.78 is 19.4. The Bertz CT molecular complexity index is 1550. The summed E-state index contributed by atoms with van der Waals surface area (Å²) in [6, 6.07) is 19.3. The molecule has 12 heteroatoms. The molecule has 5 N–H and O–H groups in total. The van der Waals surface area contributed by atoms with Crippen molar-refractivity contribution in [2.24, 2.45) is 5.73 Å². The lowest BCUT2D eigenvalue weighted by Gasteiger charge is -2.32. The van der Waals surface area contributed by atoms with E-state index in [9.17, 15) is 28.4 Å². The quantitative estimate of drug-likeness (QED) is 0.279. The van der Waals surface area contributed by atoms with Gasteiger partial charge in [0.05, 0.1) is 11.6 Å². The Morgan fingerprint density at radius 1 is 0.957 bits per heavy atom. The summed E-state index contributed by atoms with van der Waals surface area (Å²) in [5.74, 6) is -2.78. The molecule has 4 rings (SSSR count). The molecule has 0 saturated carbocycles. The maximum atomic E-state index is 13.8. The number of fused-ring (bicyclic) bond motifs is 1. The molecule has 0 spiro atoms. The highest BCUT2D eigenvalue weighted by molar-refractivity contribution is 6.00. The summed E-state index contributed by atoms with van der Waals surface area (Å²) in [7, 11) is 1.60. The number of nitrogens with two attached hydrogens (primary N) is 1. The summed E-state index contributed by atoms with van der Waals surface area (Å²) in [5, 5.41) is 8.23. The van der Waals surface area contributed by atoms with E-state index in [2.05, 4.69) is 16.0 Å². The third-order valence-electron chi connectivity index (χ3n) is 7.99. The fourth-order valence-electron chi connectivity index (χ4n) is 5.28. The Balaban J connectivity index is 1.60. The summed E-state index contributed by atoms with van der Waals surface area (Å²) in [5.41, 5.74) is 7.31. The number of hydrogen-bond acceptors (Lipinski definition) is 6. The van der Waals surface area contributed by atoms with Crippen molar-refractivity contribution in [3.05, 3.63) is 101 Å². The number of carbonyl (C=O) groups excluding carboxylic acids is 5. The molecule has 0 aliphatic carbocycles. The van der Waals surface area contributed by atoms with Gasteiger partial charge in [0, 0.05) is 26.4 Å². The van der Waals surface area contributed by atoms with E-state index in [1.807, 2.05) is 30.3 Å². The molecule has 11 nitrogen and oxygen atoms in total. The van der Waals surface area contributed by atoms with Gasteiger partial charge in [-0.05, 0) is 61.1 Å². The lowest BCUT2D eigenvalue weighted by atomic mass is 10.0. The standard InChI is InChI=1S/C35H40FN5O6/c1-41-26(21-24-7-3-2-4-8-24)22-47-30-10-6-5-9-27(30)33(44)40-28(34(45)38-20-19-23-11-13-25(36)14-12-23)16-18-32(43)39-29(35(41)46)15-17-31(37)42/h2-14,26,28-29H,15-22H2,1H3,(H2,37,42)(H,38,45)(H,39,43)(H,40,44)/t26-,28+,29+/m1/s1. The number of primary amides is 1. The van der Waals surface area contributed by atoms with E-state index in [-0.39, 0.29) is 56.0 Å². The van der Waals surface area contributed by atoms with Gasteiger partial charge >= 0.3 is 0 Å². The van der Waals surface area contributed by atoms with Gasteiger partial charge in [0.1, 0.15) is 30.3 Å². The van der Waals surface area contributed by atoms with Crippen molar-refractivity contribution >= 4 is 29.5 Å². The first-order valence-electron chi connectivity index (χ1n) is 15.5. The molecule has 248 valence electrons. The summed E-state index contributed by atoms with van der Waals surface area (Å²) >= 11 is 0. The van der Waals surface area contributed by atoms with Crippen LogP contribution < -0.4 is 26.4 Å². The lowest BCUT2D eigenvalue weighted by molar-refractivity contribution is -0.138. The van der Waals surface area contributed by atoms with Crippen molar-refractivity contribution < 1.29 is 33.1 Å². The van der Waals surface area contributed by atoms with Gasteiger partial charge in [-0.1, -0.05) is 54.6 Å². The highest BCUT2D eigenvalue weighted by atomic mass is 19.1. The Hall–Kier alpha value is -5.26. The SMILES string of the molecule is CN1C(=O)[C@H](CCC(N)=O)NC(=O)CC[C@@H](C(=O)NCCc2ccc(F)cc2)NC(=O)c2ccccc2OC[C@H]1Cc1ccccc1. The molecule has 0 fully saturated rings. The molecular weight excluding hydrogens is 605 g/mol. The Labute approximate surface area is 273 Å². The molecule has 47 heavy (non-hydrogen) atoms. The number of amides is 5. The van der Waals surface area contributed by atoms with Crippen LogP contribution in [0.3, 0.4) is 0 Å². The zero-order valence-corrected chi connectivity index (χ0v) is 26.2. The van der Waals surface area contributed by atoms with Crippen molar-refractivity contribution in [3.63, 3.8) is 0 Å². The second-order valence-electron chi connectivity index (χ2n) is 11.5. The summed E-state index contributed by atoms with van der Waals surface area (Å²) in [4.78, 5) is 67.0. The van der Waals surface area contributed by atoms with E-state index in [1.54, 1.807) is 43.4 Å². The van der Waals surface area contributed by atoms with Gasteiger partial charge in [-0.2, -0.15) is 0 Å². The Morgan fingerprint density at radius 2 is 1.66 bits per heavy atom. The van der Waals surface area contributed by atoms with Gasteiger partial charge in [-0.25, -0.2) is 4.39 Å². The van der Waals surface area contributed by atoms with Crippen LogP contribution in [-0.4, -0.2) is 72.8 Å². The smallest absolute Gasteiger partial charge is 0.255 e. The topological polar surface area (TPSA) is 160 Å². The van der Waals surface area contributed by atoms with Crippen LogP contribution in [0.2, 0.25) is 0 Å². The molecule has 3 aromatic rings. The van der Waals surface area contributed by atoms with Crippen molar-refractivity contribution in [1.82, 2.24) is 20.9 Å². The monoisotopic (exact) mass is 645 g/mol. The molecule has 1 aliphatic heterocycles. The second-order valence-corrected chi connectivity index (χ2v) is 11.5.